The second-order valence-electron chi connectivity index (χ2n) is 7.56. The van der Waals surface area contributed by atoms with Crippen LogP contribution >= 0.6 is 11.3 Å². The largest absolute Gasteiger partial charge is 0.465 e. The van der Waals surface area contributed by atoms with Gasteiger partial charge in [0.05, 0.1) is 12.7 Å². The number of hydrogen-bond donors (Lipinski definition) is 1. The van der Waals surface area contributed by atoms with E-state index in [9.17, 15) is 9.59 Å². The minimum absolute atomic E-state index is 0.307. The van der Waals surface area contributed by atoms with Gasteiger partial charge in [-0.05, 0) is 61.4 Å². The fourth-order valence-electron chi connectivity index (χ4n) is 3.71. The first kappa shape index (κ1) is 19.5. The number of thiophene rings is 1. The Labute approximate surface area is 173 Å². The molecule has 1 N–H and O–H groups in total. The Morgan fingerprint density at radius 3 is 2.93 bits per heavy atom. The van der Waals surface area contributed by atoms with Crippen molar-refractivity contribution >= 4 is 45.3 Å². The Kier molecular flexibility index (Phi) is 5.28. The molecule has 6 heteroatoms. The van der Waals surface area contributed by atoms with Crippen molar-refractivity contribution in [3.05, 3.63) is 57.7 Å². The third-order valence-corrected chi connectivity index (χ3v) is 6.40. The molecule has 2 aromatic heterocycles. The summed E-state index contributed by atoms with van der Waals surface area (Å²) in [5.41, 5.74) is 3.43. The molecular formula is C23H23NO4S. The number of ether oxygens (including phenoxy) is 1. The molecule has 0 saturated carbocycles. The van der Waals surface area contributed by atoms with Gasteiger partial charge in [-0.1, -0.05) is 19.1 Å². The zero-order valence-electron chi connectivity index (χ0n) is 16.7. The van der Waals surface area contributed by atoms with E-state index in [2.05, 4.69) is 12.2 Å². The molecule has 1 aromatic carbocycles. The van der Waals surface area contributed by atoms with Crippen LogP contribution in [0.5, 0.6) is 0 Å². The maximum Gasteiger partial charge on any atom is 0.341 e. The first-order valence-electron chi connectivity index (χ1n) is 9.66. The molecule has 0 saturated heterocycles. The SMILES string of the molecule is COC(=O)c1c(NC(=O)/C=C/c2cc3ccc(C)cc3o2)sc2c1CCC(C)C2. The van der Waals surface area contributed by atoms with E-state index in [0.29, 0.717) is 22.2 Å². The molecule has 3 aromatic rings. The Morgan fingerprint density at radius 2 is 2.14 bits per heavy atom. The molecule has 29 heavy (non-hydrogen) atoms. The summed E-state index contributed by atoms with van der Waals surface area (Å²) in [5.74, 6) is 0.475. The minimum Gasteiger partial charge on any atom is -0.465 e. The summed E-state index contributed by atoms with van der Waals surface area (Å²) >= 11 is 1.47. The highest BCUT2D eigenvalue weighted by Gasteiger charge is 2.28. The van der Waals surface area contributed by atoms with Gasteiger partial charge in [-0.25, -0.2) is 4.79 Å². The average molecular weight is 410 g/mol. The van der Waals surface area contributed by atoms with Crippen molar-refractivity contribution in [1.29, 1.82) is 0 Å². The quantitative estimate of drug-likeness (QED) is 0.465. The molecule has 5 nitrogen and oxygen atoms in total. The van der Waals surface area contributed by atoms with Crippen molar-refractivity contribution in [2.24, 2.45) is 5.92 Å². The van der Waals surface area contributed by atoms with Gasteiger partial charge in [0.25, 0.3) is 0 Å². The molecule has 0 bridgehead atoms. The highest BCUT2D eigenvalue weighted by Crippen LogP contribution is 2.40. The molecule has 1 aliphatic carbocycles. The number of esters is 1. The lowest BCUT2D eigenvalue weighted by Gasteiger charge is -2.18. The highest BCUT2D eigenvalue weighted by molar-refractivity contribution is 7.17. The predicted molar refractivity (Wildman–Crippen MR) is 115 cm³/mol. The molecule has 0 radical (unpaired) electrons. The van der Waals surface area contributed by atoms with E-state index < -0.39 is 5.97 Å². The topological polar surface area (TPSA) is 68.5 Å². The second kappa shape index (κ2) is 7.87. The Balaban J connectivity index is 1.55. The van der Waals surface area contributed by atoms with Crippen LogP contribution in [0.2, 0.25) is 0 Å². The third kappa shape index (κ3) is 3.98. The molecule has 1 atom stereocenters. The van der Waals surface area contributed by atoms with E-state index in [1.807, 2.05) is 31.2 Å². The summed E-state index contributed by atoms with van der Waals surface area (Å²) in [4.78, 5) is 26.0. The van der Waals surface area contributed by atoms with Crippen molar-refractivity contribution in [3.8, 4) is 0 Å². The summed E-state index contributed by atoms with van der Waals surface area (Å²) in [6, 6.07) is 7.87. The number of fused-ring (bicyclic) bond motifs is 2. The van der Waals surface area contributed by atoms with Crippen LogP contribution in [0.1, 0.15) is 45.5 Å². The lowest BCUT2D eigenvalue weighted by Crippen LogP contribution is -2.14. The third-order valence-electron chi connectivity index (χ3n) is 5.23. The average Bonchev–Trinajstić information content (AvgIpc) is 3.25. The number of benzene rings is 1. The maximum atomic E-state index is 12.5. The van der Waals surface area contributed by atoms with Gasteiger partial charge in [0.2, 0.25) is 5.91 Å². The molecule has 1 aliphatic rings. The van der Waals surface area contributed by atoms with Gasteiger partial charge in [0, 0.05) is 16.3 Å². The lowest BCUT2D eigenvalue weighted by molar-refractivity contribution is -0.111. The number of anilines is 1. The lowest BCUT2D eigenvalue weighted by atomic mass is 9.88. The van der Waals surface area contributed by atoms with Crippen LogP contribution in [0.25, 0.3) is 17.0 Å². The number of nitrogens with one attached hydrogen (secondary N) is 1. The van der Waals surface area contributed by atoms with Crippen LogP contribution in [0.15, 0.2) is 34.8 Å². The molecule has 2 heterocycles. The van der Waals surface area contributed by atoms with Crippen LogP contribution in [0.4, 0.5) is 5.00 Å². The number of methoxy groups -OCH3 is 1. The smallest absolute Gasteiger partial charge is 0.341 e. The standard InChI is InChI=1S/C23H23NO4S/c1-13-4-6-15-12-16(28-18(15)10-13)7-9-20(25)24-22-21(23(26)27-3)17-8-5-14(2)11-19(17)29-22/h4,6-7,9-10,12,14H,5,8,11H2,1-3H3,(H,24,25)/b9-7+. The Bertz CT molecular complexity index is 1120. The van der Waals surface area contributed by atoms with Crippen molar-refractivity contribution in [1.82, 2.24) is 0 Å². The zero-order valence-corrected chi connectivity index (χ0v) is 17.5. The summed E-state index contributed by atoms with van der Waals surface area (Å²) in [5, 5.41) is 4.41. The van der Waals surface area contributed by atoms with Crippen LogP contribution < -0.4 is 5.32 Å². The summed E-state index contributed by atoms with van der Waals surface area (Å²) in [6.45, 7) is 4.21. The Hall–Kier alpha value is -2.86. The molecule has 0 spiro atoms. The number of aryl methyl sites for hydroxylation is 1. The van der Waals surface area contributed by atoms with E-state index in [1.165, 1.54) is 24.5 Å². The van der Waals surface area contributed by atoms with Crippen LogP contribution in [0, 0.1) is 12.8 Å². The van der Waals surface area contributed by atoms with Gasteiger partial charge in [-0.2, -0.15) is 0 Å². The van der Waals surface area contributed by atoms with Crippen LogP contribution in [-0.4, -0.2) is 19.0 Å². The van der Waals surface area contributed by atoms with Crippen molar-refractivity contribution in [2.45, 2.75) is 33.1 Å². The molecular weight excluding hydrogens is 386 g/mol. The van der Waals surface area contributed by atoms with Crippen LogP contribution in [-0.2, 0) is 22.4 Å². The molecule has 1 amide bonds. The van der Waals surface area contributed by atoms with Crippen molar-refractivity contribution in [3.63, 3.8) is 0 Å². The fraction of sp³-hybridized carbons (Fsp3) is 0.304. The number of amides is 1. The van der Waals surface area contributed by atoms with Crippen LogP contribution in [0.3, 0.4) is 0 Å². The molecule has 0 aliphatic heterocycles. The fourth-order valence-corrected chi connectivity index (χ4v) is 5.11. The summed E-state index contributed by atoms with van der Waals surface area (Å²) < 4.78 is 10.7. The molecule has 4 rings (SSSR count). The number of rotatable bonds is 4. The first-order valence-corrected chi connectivity index (χ1v) is 10.5. The Morgan fingerprint density at radius 1 is 1.31 bits per heavy atom. The molecule has 1 unspecified atom stereocenters. The van der Waals surface area contributed by atoms with Gasteiger partial charge in [-0.3, -0.25) is 4.79 Å². The van der Waals surface area contributed by atoms with Gasteiger partial charge >= 0.3 is 5.97 Å². The highest BCUT2D eigenvalue weighted by atomic mass is 32.1. The monoisotopic (exact) mass is 409 g/mol. The van der Waals surface area contributed by atoms with E-state index in [0.717, 1.165) is 46.2 Å². The van der Waals surface area contributed by atoms with Gasteiger partial charge in [0.1, 0.15) is 16.3 Å². The van der Waals surface area contributed by atoms with E-state index in [1.54, 1.807) is 6.08 Å². The van der Waals surface area contributed by atoms with Gasteiger partial charge in [-0.15, -0.1) is 11.3 Å². The van der Waals surface area contributed by atoms with E-state index in [-0.39, 0.29) is 5.91 Å². The van der Waals surface area contributed by atoms with Gasteiger partial charge in [0.15, 0.2) is 0 Å². The van der Waals surface area contributed by atoms with E-state index in [4.69, 9.17) is 9.15 Å². The first-order chi connectivity index (χ1) is 13.9. The summed E-state index contributed by atoms with van der Waals surface area (Å²) in [6.07, 6.45) is 5.85. The summed E-state index contributed by atoms with van der Waals surface area (Å²) in [7, 11) is 1.37. The molecule has 150 valence electrons. The number of carbonyl (C=O) groups excluding carboxylic acids is 2. The predicted octanol–water partition coefficient (Wildman–Crippen LogP) is 5.37. The normalized spacial score (nSPS) is 16.2. The zero-order chi connectivity index (χ0) is 20.5. The van der Waals surface area contributed by atoms with Crippen molar-refractivity contribution in [2.75, 3.05) is 12.4 Å². The maximum absolute atomic E-state index is 12.5. The molecule has 0 fully saturated rings. The number of furan rings is 1. The minimum atomic E-state index is -0.399. The van der Waals surface area contributed by atoms with E-state index >= 15 is 0 Å². The van der Waals surface area contributed by atoms with Gasteiger partial charge < -0.3 is 14.5 Å². The number of carbonyl (C=O) groups is 2. The van der Waals surface area contributed by atoms with Crippen molar-refractivity contribution < 1.29 is 18.7 Å². The second-order valence-corrected chi connectivity index (χ2v) is 8.67. The number of hydrogen-bond acceptors (Lipinski definition) is 5.